The standard InChI is InChI=1S/C18H30N2O3/c1-6-14(2)20-9-7-19(8-10-20)13-15-11-16(21-3)18(23-5)17(12-15)22-4/h11-12,14H,6-10,13H2,1-5H3/p+2/t14-/m0/s1. The number of quaternary nitrogens is 2. The maximum atomic E-state index is 5.45. The third-order valence-electron chi connectivity index (χ3n) is 5.09. The molecule has 130 valence electrons. The first-order chi connectivity index (χ1) is 11.1. The number of piperazine rings is 1. The molecule has 1 saturated heterocycles. The van der Waals surface area contributed by atoms with Crippen LogP contribution in [0.15, 0.2) is 12.1 Å². The first-order valence-electron chi connectivity index (χ1n) is 8.59. The molecule has 1 aromatic rings. The van der Waals surface area contributed by atoms with Crippen LogP contribution >= 0.6 is 0 Å². The van der Waals surface area contributed by atoms with Crippen LogP contribution in [-0.4, -0.2) is 53.6 Å². The van der Waals surface area contributed by atoms with Crippen LogP contribution in [0.3, 0.4) is 0 Å². The lowest BCUT2D eigenvalue weighted by Crippen LogP contribution is -3.29. The average molecular weight is 324 g/mol. The third-order valence-corrected chi connectivity index (χ3v) is 5.09. The van der Waals surface area contributed by atoms with Crippen LogP contribution in [0, 0.1) is 0 Å². The van der Waals surface area contributed by atoms with E-state index in [1.807, 2.05) is 0 Å². The van der Waals surface area contributed by atoms with Crippen molar-refractivity contribution in [1.29, 1.82) is 0 Å². The Balaban J connectivity index is 2.04. The summed E-state index contributed by atoms with van der Waals surface area (Å²) in [6.07, 6.45) is 1.26. The molecule has 0 spiro atoms. The van der Waals surface area contributed by atoms with Crippen LogP contribution in [0.25, 0.3) is 0 Å². The van der Waals surface area contributed by atoms with Crippen molar-refractivity contribution in [2.75, 3.05) is 47.5 Å². The van der Waals surface area contributed by atoms with Crippen molar-refractivity contribution in [2.24, 2.45) is 0 Å². The van der Waals surface area contributed by atoms with E-state index < -0.39 is 0 Å². The van der Waals surface area contributed by atoms with Gasteiger partial charge < -0.3 is 24.0 Å². The molecule has 0 saturated carbocycles. The molecule has 5 heteroatoms. The molecule has 1 aliphatic heterocycles. The second-order valence-electron chi connectivity index (χ2n) is 6.43. The first kappa shape index (κ1) is 17.9. The van der Waals surface area contributed by atoms with Crippen LogP contribution in [0.5, 0.6) is 17.2 Å². The molecule has 0 radical (unpaired) electrons. The minimum Gasteiger partial charge on any atom is -0.493 e. The molecule has 1 aliphatic rings. The Labute approximate surface area is 140 Å². The smallest absolute Gasteiger partial charge is 0.203 e. The van der Waals surface area contributed by atoms with Gasteiger partial charge in [-0.15, -0.1) is 0 Å². The van der Waals surface area contributed by atoms with Crippen molar-refractivity contribution < 1.29 is 24.0 Å². The minimum absolute atomic E-state index is 0.666. The SMILES string of the molecule is CC[C@H](C)[NH+]1CC[NH+](Cc2cc(OC)c(OC)c(OC)c2)CC1. The van der Waals surface area contributed by atoms with Crippen LogP contribution < -0.4 is 24.0 Å². The fraction of sp³-hybridized carbons (Fsp3) is 0.667. The fourth-order valence-electron chi connectivity index (χ4n) is 3.41. The van der Waals surface area contributed by atoms with Crippen molar-refractivity contribution in [2.45, 2.75) is 32.9 Å². The molecule has 0 aliphatic carbocycles. The van der Waals surface area contributed by atoms with Gasteiger partial charge in [-0.1, -0.05) is 6.92 Å². The Morgan fingerprint density at radius 2 is 1.52 bits per heavy atom. The zero-order chi connectivity index (χ0) is 16.8. The summed E-state index contributed by atoms with van der Waals surface area (Å²) in [5.41, 5.74) is 1.24. The van der Waals surface area contributed by atoms with E-state index in [1.54, 1.807) is 31.1 Å². The zero-order valence-corrected chi connectivity index (χ0v) is 15.2. The summed E-state index contributed by atoms with van der Waals surface area (Å²) < 4.78 is 16.3. The van der Waals surface area contributed by atoms with E-state index in [-0.39, 0.29) is 0 Å². The van der Waals surface area contributed by atoms with Crippen LogP contribution in [0.1, 0.15) is 25.8 Å². The molecule has 1 heterocycles. The van der Waals surface area contributed by atoms with Gasteiger partial charge in [-0.3, -0.25) is 0 Å². The van der Waals surface area contributed by atoms with E-state index >= 15 is 0 Å². The second kappa shape index (κ2) is 8.41. The lowest BCUT2D eigenvalue weighted by molar-refractivity contribution is -1.03. The van der Waals surface area contributed by atoms with Crippen molar-refractivity contribution in [3.8, 4) is 17.2 Å². The van der Waals surface area contributed by atoms with E-state index in [0.29, 0.717) is 5.75 Å². The number of rotatable bonds is 7. The summed E-state index contributed by atoms with van der Waals surface area (Å²) >= 11 is 0. The topological polar surface area (TPSA) is 36.6 Å². The van der Waals surface area contributed by atoms with Gasteiger partial charge in [0.2, 0.25) is 5.75 Å². The van der Waals surface area contributed by atoms with Crippen LogP contribution in [0.4, 0.5) is 0 Å². The quantitative estimate of drug-likeness (QED) is 0.729. The molecule has 1 aromatic carbocycles. The van der Waals surface area contributed by atoms with Crippen LogP contribution in [0.2, 0.25) is 0 Å². The molecule has 0 unspecified atom stereocenters. The van der Waals surface area contributed by atoms with E-state index in [2.05, 4.69) is 26.0 Å². The highest BCUT2D eigenvalue weighted by Crippen LogP contribution is 2.37. The Kier molecular flexibility index (Phi) is 6.54. The van der Waals surface area contributed by atoms with E-state index in [0.717, 1.165) is 24.1 Å². The number of benzene rings is 1. The van der Waals surface area contributed by atoms with Gasteiger partial charge in [-0.25, -0.2) is 0 Å². The lowest BCUT2D eigenvalue weighted by atomic mass is 10.1. The summed E-state index contributed by atoms with van der Waals surface area (Å²) in [5.74, 6) is 2.15. The number of hydrogen-bond donors (Lipinski definition) is 2. The molecule has 0 aromatic heterocycles. The van der Waals surface area contributed by atoms with Crippen molar-refractivity contribution >= 4 is 0 Å². The van der Waals surface area contributed by atoms with Gasteiger partial charge in [0.1, 0.15) is 32.7 Å². The molecule has 0 amide bonds. The number of nitrogens with one attached hydrogen (secondary N) is 2. The molecule has 5 nitrogen and oxygen atoms in total. The summed E-state index contributed by atoms with van der Waals surface area (Å²) in [5, 5.41) is 0. The number of hydrogen-bond acceptors (Lipinski definition) is 3. The Bertz CT molecular complexity index is 474. The molecule has 2 N–H and O–H groups in total. The summed E-state index contributed by atoms with van der Waals surface area (Å²) in [4.78, 5) is 3.38. The van der Waals surface area contributed by atoms with E-state index in [9.17, 15) is 0 Å². The van der Waals surface area contributed by atoms with Gasteiger partial charge in [0.25, 0.3) is 0 Å². The fourth-order valence-corrected chi connectivity index (χ4v) is 3.41. The highest BCUT2D eigenvalue weighted by atomic mass is 16.5. The van der Waals surface area contributed by atoms with Gasteiger partial charge in [-0.2, -0.15) is 0 Å². The molecule has 1 atom stereocenters. The van der Waals surface area contributed by atoms with Gasteiger partial charge in [-0.05, 0) is 25.5 Å². The normalized spacial score (nSPS) is 22.5. The second-order valence-corrected chi connectivity index (χ2v) is 6.43. The maximum absolute atomic E-state index is 5.45. The van der Waals surface area contributed by atoms with Crippen molar-refractivity contribution in [3.05, 3.63) is 17.7 Å². The first-order valence-corrected chi connectivity index (χ1v) is 8.59. The predicted octanol–water partition coefficient (Wildman–Crippen LogP) is -0.206. The largest absolute Gasteiger partial charge is 0.493 e. The van der Waals surface area contributed by atoms with E-state index in [4.69, 9.17) is 14.2 Å². The van der Waals surface area contributed by atoms with Crippen LogP contribution in [-0.2, 0) is 6.54 Å². The maximum Gasteiger partial charge on any atom is 0.203 e. The van der Waals surface area contributed by atoms with Crippen molar-refractivity contribution in [1.82, 2.24) is 0 Å². The number of methoxy groups -OCH3 is 3. The lowest BCUT2D eigenvalue weighted by Gasteiger charge is -2.33. The predicted molar refractivity (Wildman–Crippen MR) is 90.9 cm³/mol. The van der Waals surface area contributed by atoms with Gasteiger partial charge in [0.15, 0.2) is 11.5 Å². The van der Waals surface area contributed by atoms with E-state index in [1.165, 1.54) is 38.2 Å². The highest BCUT2D eigenvalue weighted by Gasteiger charge is 2.26. The number of ether oxygens (including phenoxy) is 3. The molecule has 2 rings (SSSR count). The molecular formula is C18H32N2O3+2. The molecular weight excluding hydrogens is 292 g/mol. The van der Waals surface area contributed by atoms with Crippen molar-refractivity contribution in [3.63, 3.8) is 0 Å². The monoisotopic (exact) mass is 324 g/mol. The zero-order valence-electron chi connectivity index (χ0n) is 15.2. The summed E-state index contributed by atoms with van der Waals surface area (Å²) in [6.45, 7) is 10.6. The Morgan fingerprint density at radius 3 is 1.96 bits per heavy atom. The summed E-state index contributed by atoms with van der Waals surface area (Å²) in [7, 11) is 4.98. The highest BCUT2D eigenvalue weighted by molar-refractivity contribution is 5.53. The van der Waals surface area contributed by atoms with Gasteiger partial charge in [0.05, 0.1) is 27.4 Å². The Hall–Kier alpha value is -1.46. The summed E-state index contributed by atoms with van der Waals surface area (Å²) in [6, 6.07) is 4.92. The minimum atomic E-state index is 0.666. The third kappa shape index (κ3) is 4.30. The average Bonchev–Trinajstić information content (AvgIpc) is 2.60. The Morgan fingerprint density at radius 1 is 0.957 bits per heavy atom. The van der Waals surface area contributed by atoms with Gasteiger partial charge >= 0.3 is 0 Å². The molecule has 23 heavy (non-hydrogen) atoms. The molecule has 0 bridgehead atoms. The molecule has 1 fully saturated rings. The van der Waals surface area contributed by atoms with Gasteiger partial charge in [0, 0.05) is 5.56 Å².